The molecule has 2 N–H and O–H groups in total. The van der Waals surface area contributed by atoms with Crippen LogP contribution in [0.15, 0.2) is 48.5 Å². The number of thiocarbonyl (C=S) groups is 1. The molecule has 0 aliphatic rings. The minimum absolute atomic E-state index is 0.0476. The lowest BCUT2D eigenvalue weighted by molar-refractivity contribution is -0.384. The second-order valence-electron chi connectivity index (χ2n) is 5.41. The fraction of sp³-hybridized carbons (Fsp3) is 0.176. The molecule has 0 bridgehead atoms. The van der Waals surface area contributed by atoms with E-state index in [0.717, 1.165) is 0 Å². The highest BCUT2D eigenvalue weighted by atomic mass is 32.1. The van der Waals surface area contributed by atoms with E-state index in [9.17, 15) is 14.9 Å². The molecule has 2 aromatic carbocycles. The Morgan fingerprint density at radius 3 is 2.48 bits per heavy atom. The number of benzene rings is 2. The number of nitro benzene ring substituents is 1. The monoisotopic (exact) mass is 359 g/mol. The fourth-order valence-electron chi connectivity index (χ4n) is 1.99. The summed E-state index contributed by atoms with van der Waals surface area (Å²) in [5.41, 5.74) is 0.763. The Morgan fingerprint density at radius 2 is 1.88 bits per heavy atom. The van der Waals surface area contributed by atoms with Crippen LogP contribution in [0, 0.1) is 10.1 Å². The first-order valence-corrected chi connectivity index (χ1v) is 7.89. The number of nitrogens with zero attached hydrogens (tertiary/aromatic N) is 1. The summed E-state index contributed by atoms with van der Waals surface area (Å²) in [5.74, 6) is 0.280. The highest BCUT2D eigenvalue weighted by Crippen LogP contribution is 2.17. The lowest BCUT2D eigenvalue weighted by atomic mass is 10.2. The van der Waals surface area contributed by atoms with Gasteiger partial charge in [0.2, 0.25) is 0 Å². The number of hydrogen-bond acceptors (Lipinski definition) is 5. The van der Waals surface area contributed by atoms with Crippen LogP contribution in [-0.2, 0) is 0 Å². The van der Waals surface area contributed by atoms with Gasteiger partial charge in [0.25, 0.3) is 11.6 Å². The predicted molar refractivity (Wildman–Crippen MR) is 99.0 cm³/mol. The summed E-state index contributed by atoms with van der Waals surface area (Å²) in [5, 5.41) is 16.1. The van der Waals surface area contributed by atoms with Crippen molar-refractivity contribution in [2.24, 2.45) is 0 Å². The van der Waals surface area contributed by atoms with Crippen LogP contribution in [-0.4, -0.2) is 22.0 Å². The van der Waals surface area contributed by atoms with Gasteiger partial charge in [0, 0.05) is 23.4 Å². The summed E-state index contributed by atoms with van der Waals surface area (Å²) in [6, 6.07) is 12.5. The van der Waals surface area contributed by atoms with Crippen LogP contribution in [0.3, 0.4) is 0 Å². The van der Waals surface area contributed by atoms with E-state index in [1.165, 1.54) is 18.2 Å². The van der Waals surface area contributed by atoms with Crippen molar-refractivity contribution in [3.8, 4) is 5.75 Å². The van der Waals surface area contributed by atoms with Gasteiger partial charge in [-0.3, -0.25) is 20.2 Å². The van der Waals surface area contributed by atoms with Gasteiger partial charge >= 0.3 is 0 Å². The summed E-state index contributed by atoms with van der Waals surface area (Å²) in [6.07, 6.45) is 0.0476. The van der Waals surface area contributed by atoms with E-state index < -0.39 is 4.92 Å². The highest BCUT2D eigenvalue weighted by molar-refractivity contribution is 7.80. The molecule has 2 aromatic rings. The Balaban J connectivity index is 1.97. The Morgan fingerprint density at radius 1 is 1.20 bits per heavy atom. The van der Waals surface area contributed by atoms with Crippen LogP contribution < -0.4 is 15.4 Å². The zero-order valence-electron chi connectivity index (χ0n) is 13.7. The van der Waals surface area contributed by atoms with Gasteiger partial charge in [-0.1, -0.05) is 6.07 Å². The average molecular weight is 359 g/mol. The van der Waals surface area contributed by atoms with Crippen LogP contribution in [0.25, 0.3) is 0 Å². The second-order valence-corrected chi connectivity index (χ2v) is 5.81. The maximum atomic E-state index is 12.2. The Labute approximate surface area is 150 Å². The van der Waals surface area contributed by atoms with Crippen molar-refractivity contribution in [1.82, 2.24) is 5.32 Å². The van der Waals surface area contributed by atoms with Crippen LogP contribution in [0.2, 0.25) is 0 Å². The lowest BCUT2D eigenvalue weighted by Crippen LogP contribution is -2.34. The second kappa shape index (κ2) is 8.20. The summed E-state index contributed by atoms with van der Waals surface area (Å²) < 4.78 is 5.51. The highest BCUT2D eigenvalue weighted by Gasteiger charge is 2.10. The van der Waals surface area contributed by atoms with Gasteiger partial charge in [-0.05, 0) is 56.4 Å². The van der Waals surface area contributed by atoms with Crippen LogP contribution >= 0.6 is 12.2 Å². The maximum absolute atomic E-state index is 12.2. The molecular weight excluding hydrogens is 342 g/mol. The molecule has 8 heteroatoms. The summed E-state index contributed by atoms with van der Waals surface area (Å²) in [4.78, 5) is 22.4. The van der Waals surface area contributed by atoms with E-state index >= 15 is 0 Å². The lowest BCUT2D eigenvalue weighted by Gasteiger charge is -2.11. The minimum Gasteiger partial charge on any atom is -0.491 e. The third kappa shape index (κ3) is 5.54. The number of anilines is 1. The van der Waals surface area contributed by atoms with Crippen molar-refractivity contribution in [3.63, 3.8) is 0 Å². The van der Waals surface area contributed by atoms with Crippen molar-refractivity contribution < 1.29 is 14.5 Å². The van der Waals surface area contributed by atoms with Crippen molar-refractivity contribution in [3.05, 3.63) is 64.2 Å². The normalized spacial score (nSPS) is 10.2. The zero-order chi connectivity index (χ0) is 18.4. The minimum atomic E-state index is -0.506. The Hall–Kier alpha value is -3.00. The predicted octanol–water partition coefficient (Wildman–Crippen LogP) is 3.51. The van der Waals surface area contributed by atoms with Crippen molar-refractivity contribution >= 4 is 34.6 Å². The smallest absolute Gasteiger partial charge is 0.271 e. The fourth-order valence-corrected chi connectivity index (χ4v) is 2.20. The average Bonchev–Trinajstić information content (AvgIpc) is 2.55. The first-order chi connectivity index (χ1) is 11.8. The molecule has 0 aliphatic carbocycles. The Bertz CT molecular complexity index is 791. The molecule has 130 valence electrons. The molecule has 0 unspecified atom stereocenters. The number of carbonyl (C=O) groups excluding carboxylic acids is 1. The number of hydrogen-bond donors (Lipinski definition) is 2. The quantitative estimate of drug-likeness (QED) is 0.482. The van der Waals surface area contributed by atoms with Crippen LogP contribution in [0.1, 0.15) is 24.2 Å². The van der Waals surface area contributed by atoms with E-state index in [0.29, 0.717) is 17.0 Å². The third-order valence-corrected chi connectivity index (χ3v) is 3.23. The first-order valence-electron chi connectivity index (χ1n) is 7.48. The molecule has 1 amide bonds. The molecule has 0 saturated heterocycles. The molecule has 0 atom stereocenters. The molecule has 7 nitrogen and oxygen atoms in total. The molecule has 0 spiro atoms. The van der Waals surface area contributed by atoms with Crippen molar-refractivity contribution in [1.29, 1.82) is 0 Å². The maximum Gasteiger partial charge on any atom is 0.271 e. The summed E-state index contributed by atoms with van der Waals surface area (Å²) in [6.45, 7) is 3.83. The van der Waals surface area contributed by atoms with E-state index in [1.54, 1.807) is 30.3 Å². The van der Waals surface area contributed by atoms with E-state index in [1.807, 2.05) is 13.8 Å². The zero-order valence-corrected chi connectivity index (χ0v) is 14.5. The van der Waals surface area contributed by atoms with E-state index in [2.05, 4.69) is 10.6 Å². The number of amides is 1. The van der Waals surface area contributed by atoms with Crippen LogP contribution in [0.5, 0.6) is 5.75 Å². The number of nitrogens with one attached hydrogen (secondary N) is 2. The molecule has 25 heavy (non-hydrogen) atoms. The number of nitro groups is 1. The number of carbonyl (C=O) groups is 1. The van der Waals surface area contributed by atoms with Gasteiger partial charge in [0.15, 0.2) is 5.11 Å². The number of non-ortho nitro benzene ring substituents is 1. The first kappa shape index (κ1) is 18.3. The van der Waals surface area contributed by atoms with Crippen LogP contribution in [0.4, 0.5) is 11.4 Å². The van der Waals surface area contributed by atoms with Gasteiger partial charge in [0.05, 0.1) is 11.0 Å². The van der Waals surface area contributed by atoms with E-state index in [4.69, 9.17) is 17.0 Å². The summed E-state index contributed by atoms with van der Waals surface area (Å²) in [7, 11) is 0. The molecular formula is C17H17N3O4S. The molecule has 0 aliphatic heterocycles. The molecule has 0 fully saturated rings. The molecule has 0 aromatic heterocycles. The summed E-state index contributed by atoms with van der Waals surface area (Å²) >= 11 is 5.07. The largest absolute Gasteiger partial charge is 0.491 e. The molecule has 0 heterocycles. The number of rotatable bonds is 5. The Kier molecular flexibility index (Phi) is 6.02. The van der Waals surface area contributed by atoms with Crippen molar-refractivity contribution in [2.75, 3.05) is 5.32 Å². The standard InChI is InChI=1S/C17H17N3O4S/c1-11(2)24-15-8-6-12(7-9-15)16(21)19-17(25)18-13-4-3-5-14(10-13)20(22)23/h3-11H,1-2H3,(H2,18,19,21,25). The van der Waals surface area contributed by atoms with Gasteiger partial charge in [-0.2, -0.15) is 0 Å². The molecule has 0 saturated carbocycles. The van der Waals surface area contributed by atoms with Gasteiger partial charge in [-0.25, -0.2) is 0 Å². The topological polar surface area (TPSA) is 93.5 Å². The third-order valence-electron chi connectivity index (χ3n) is 3.03. The number of ether oxygens (including phenoxy) is 1. The van der Waals surface area contributed by atoms with Gasteiger partial charge in [-0.15, -0.1) is 0 Å². The van der Waals surface area contributed by atoms with Crippen molar-refractivity contribution in [2.45, 2.75) is 20.0 Å². The molecule has 2 rings (SSSR count). The SMILES string of the molecule is CC(C)Oc1ccc(C(=O)NC(=S)Nc2cccc([N+](=O)[O-])c2)cc1. The van der Waals surface area contributed by atoms with Gasteiger partial charge in [0.1, 0.15) is 5.75 Å². The van der Waals surface area contributed by atoms with Gasteiger partial charge < -0.3 is 10.1 Å². The molecule has 0 radical (unpaired) electrons. The van der Waals surface area contributed by atoms with E-state index in [-0.39, 0.29) is 22.8 Å².